The zero-order valence-electron chi connectivity index (χ0n) is 10.6. The van der Waals surface area contributed by atoms with Crippen LogP contribution in [-0.4, -0.2) is 29.5 Å². The van der Waals surface area contributed by atoms with Gasteiger partial charge in [-0.3, -0.25) is 4.99 Å². The first kappa shape index (κ1) is 12.0. The van der Waals surface area contributed by atoms with Crippen LogP contribution in [0, 0.1) is 0 Å². The fraction of sp³-hybridized carbons (Fsp3) is 0.500. The van der Waals surface area contributed by atoms with E-state index in [0.29, 0.717) is 18.0 Å². The lowest BCUT2D eigenvalue weighted by Gasteiger charge is -2.31. The normalized spacial score (nSPS) is 21.4. The van der Waals surface area contributed by atoms with Crippen molar-refractivity contribution in [2.75, 3.05) is 6.54 Å². The van der Waals surface area contributed by atoms with Crippen LogP contribution in [0.1, 0.15) is 25.8 Å². The van der Waals surface area contributed by atoms with Crippen LogP contribution in [0.15, 0.2) is 35.3 Å². The Labute approximate surface area is 103 Å². The van der Waals surface area contributed by atoms with Gasteiger partial charge in [-0.25, -0.2) is 0 Å². The van der Waals surface area contributed by atoms with Gasteiger partial charge in [0, 0.05) is 6.04 Å². The molecular formula is C14H21N3. The number of rotatable bonds is 4. The Morgan fingerprint density at radius 2 is 2.12 bits per heavy atom. The Balaban J connectivity index is 2.07. The van der Waals surface area contributed by atoms with Crippen molar-refractivity contribution in [2.24, 2.45) is 10.7 Å². The summed E-state index contributed by atoms with van der Waals surface area (Å²) in [5, 5.41) is 0. The van der Waals surface area contributed by atoms with E-state index in [0.717, 1.165) is 19.4 Å². The van der Waals surface area contributed by atoms with Crippen LogP contribution in [-0.2, 0) is 6.42 Å². The highest BCUT2D eigenvalue weighted by atomic mass is 15.3. The Bertz CT molecular complexity index is 386. The average Bonchev–Trinajstić information content (AvgIpc) is 2.71. The van der Waals surface area contributed by atoms with Crippen molar-refractivity contribution in [1.82, 2.24) is 4.90 Å². The molecule has 0 spiro atoms. The smallest absolute Gasteiger partial charge is 0.191 e. The minimum absolute atomic E-state index is 0.423. The third-order valence-corrected chi connectivity index (χ3v) is 3.50. The molecule has 1 aliphatic heterocycles. The molecule has 2 unspecified atom stereocenters. The van der Waals surface area contributed by atoms with Crippen molar-refractivity contribution in [3.05, 3.63) is 35.9 Å². The lowest BCUT2D eigenvalue weighted by molar-refractivity contribution is 0.263. The molecule has 1 aromatic rings. The fourth-order valence-electron chi connectivity index (χ4n) is 2.39. The van der Waals surface area contributed by atoms with Crippen LogP contribution in [0.3, 0.4) is 0 Å². The summed E-state index contributed by atoms with van der Waals surface area (Å²) in [6.07, 6.45) is 2.12. The quantitative estimate of drug-likeness (QED) is 0.861. The summed E-state index contributed by atoms with van der Waals surface area (Å²) in [4.78, 5) is 6.66. The van der Waals surface area contributed by atoms with E-state index >= 15 is 0 Å². The summed E-state index contributed by atoms with van der Waals surface area (Å²) >= 11 is 0. The number of nitrogens with zero attached hydrogens (tertiary/aromatic N) is 2. The van der Waals surface area contributed by atoms with E-state index in [4.69, 9.17) is 5.73 Å². The molecule has 2 N–H and O–H groups in total. The van der Waals surface area contributed by atoms with Crippen LogP contribution < -0.4 is 5.73 Å². The summed E-state index contributed by atoms with van der Waals surface area (Å²) in [6.45, 7) is 5.23. The van der Waals surface area contributed by atoms with Gasteiger partial charge in [-0.15, -0.1) is 0 Å². The molecule has 0 radical (unpaired) electrons. The summed E-state index contributed by atoms with van der Waals surface area (Å²) in [6, 6.07) is 11.5. The molecule has 0 amide bonds. The van der Waals surface area contributed by atoms with Crippen molar-refractivity contribution in [2.45, 2.75) is 38.8 Å². The van der Waals surface area contributed by atoms with Crippen molar-refractivity contribution >= 4 is 5.96 Å². The van der Waals surface area contributed by atoms with Crippen LogP contribution in [0.25, 0.3) is 0 Å². The van der Waals surface area contributed by atoms with E-state index in [2.05, 4.69) is 54.1 Å². The maximum Gasteiger partial charge on any atom is 0.191 e. The van der Waals surface area contributed by atoms with Gasteiger partial charge in [0.2, 0.25) is 0 Å². The standard InChI is InChI=1S/C14H21N3/c1-3-11(2)17-13(10-16-14(17)15)9-12-7-5-4-6-8-12/h4-8,11,13H,3,9-10H2,1-2H3,(H2,15,16). The molecular weight excluding hydrogens is 210 g/mol. The highest BCUT2D eigenvalue weighted by molar-refractivity contribution is 5.80. The van der Waals surface area contributed by atoms with Crippen molar-refractivity contribution in [1.29, 1.82) is 0 Å². The van der Waals surface area contributed by atoms with Crippen LogP contribution in [0.5, 0.6) is 0 Å². The largest absolute Gasteiger partial charge is 0.370 e. The zero-order valence-corrected chi connectivity index (χ0v) is 10.6. The van der Waals surface area contributed by atoms with Crippen molar-refractivity contribution < 1.29 is 0 Å². The van der Waals surface area contributed by atoms with Gasteiger partial charge < -0.3 is 10.6 Å². The number of aliphatic imine (C=N–C) groups is 1. The lowest BCUT2D eigenvalue weighted by Crippen LogP contribution is -2.47. The van der Waals surface area contributed by atoms with Gasteiger partial charge in [0.05, 0.1) is 12.6 Å². The molecule has 2 rings (SSSR count). The third-order valence-electron chi connectivity index (χ3n) is 3.50. The number of benzene rings is 1. The molecule has 1 aliphatic rings. The van der Waals surface area contributed by atoms with Gasteiger partial charge in [0.15, 0.2) is 5.96 Å². The molecule has 92 valence electrons. The highest BCUT2D eigenvalue weighted by Gasteiger charge is 2.29. The van der Waals surface area contributed by atoms with Crippen molar-refractivity contribution in [3.63, 3.8) is 0 Å². The fourth-order valence-corrected chi connectivity index (χ4v) is 2.39. The topological polar surface area (TPSA) is 41.6 Å². The maximum absolute atomic E-state index is 5.98. The predicted octanol–water partition coefficient (Wildman–Crippen LogP) is 2.03. The number of hydrogen-bond donors (Lipinski definition) is 1. The molecule has 0 saturated heterocycles. The van der Waals surface area contributed by atoms with Crippen molar-refractivity contribution in [3.8, 4) is 0 Å². The van der Waals surface area contributed by atoms with E-state index in [-0.39, 0.29) is 0 Å². The summed E-state index contributed by atoms with van der Waals surface area (Å²) in [5.41, 5.74) is 7.33. The molecule has 1 heterocycles. The number of nitrogens with two attached hydrogens (primary N) is 1. The number of hydrogen-bond acceptors (Lipinski definition) is 3. The minimum atomic E-state index is 0.423. The molecule has 0 aliphatic carbocycles. The first-order valence-electron chi connectivity index (χ1n) is 6.34. The minimum Gasteiger partial charge on any atom is -0.370 e. The second-order valence-electron chi connectivity index (χ2n) is 4.71. The van der Waals surface area contributed by atoms with E-state index < -0.39 is 0 Å². The zero-order chi connectivity index (χ0) is 12.3. The van der Waals surface area contributed by atoms with Crippen LogP contribution >= 0.6 is 0 Å². The molecule has 3 heteroatoms. The second kappa shape index (κ2) is 5.21. The third kappa shape index (κ3) is 2.60. The molecule has 1 aromatic carbocycles. The Hall–Kier alpha value is -1.51. The molecule has 0 bridgehead atoms. The van der Waals surface area contributed by atoms with Gasteiger partial charge in [-0.1, -0.05) is 37.3 Å². The van der Waals surface area contributed by atoms with Gasteiger partial charge in [0.25, 0.3) is 0 Å². The summed E-state index contributed by atoms with van der Waals surface area (Å²) < 4.78 is 0. The first-order valence-corrected chi connectivity index (χ1v) is 6.34. The monoisotopic (exact) mass is 231 g/mol. The predicted molar refractivity (Wildman–Crippen MR) is 72.0 cm³/mol. The maximum atomic E-state index is 5.98. The van der Waals surface area contributed by atoms with E-state index in [1.54, 1.807) is 0 Å². The molecule has 17 heavy (non-hydrogen) atoms. The van der Waals surface area contributed by atoms with Crippen LogP contribution in [0.4, 0.5) is 0 Å². The molecule has 3 nitrogen and oxygen atoms in total. The summed E-state index contributed by atoms with van der Waals surface area (Å²) in [7, 11) is 0. The second-order valence-corrected chi connectivity index (χ2v) is 4.71. The van der Waals surface area contributed by atoms with Crippen LogP contribution in [0.2, 0.25) is 0 Å². The van der Waals surface area contributed by atoms with Gasteiger partial charge in [0.1, 0.15) is 0 Å². The Morgan fingerprint density at radius 3 is 2.76 bits per heavy atom. The molecule has 2 atom stereocenters. The average molecular weight is 231 g/mol. The Morgan fingerprint density at radius 1 is 1.41 bits per heavy atom. The highest BCUT2D eigenvalue weighted by Crippen LogP contribution is 2.18. The van der Waals surface area contributed by atoms with E-state index in [9.17, 15) is 0 Å². The van der Waals surface area contributed by atoms with E-state index in [1.165, 1.54) is 5.56 Å². The van der Waals surface area contributed by atoms with E-state index in [1.807, 2.05) is 0 Å². The first-order chi connectivity index (χ1) is 8.22. The lowest BCUT2D eigenvalue weighted by atomic mass is 10.0. The molecule has 0 saturated carbocycles. The van der Waals surface area contributed by atoms with Gasteiger partial charge in [-0.05, 0) is 25.3 Å². The Kier molecular flexibility index (Phi) is 3.67. The van der Waals surface area contributed by atoms with Gasteiger partial charge in [-0.2, -0.15) is 0 Å². The SMILES string of the molecule is CCC(C)N1C(N)=NCC1Cc1ccccc1. The molecule has 0 aromatic heterocycles. The summed E-state index contributed by atoms with van der Waals surface area (Å²) in [5.74, 6) is 0.709. The molecule has 0 fully saturated rings. The van der Waals surface area contributed by atoms with Gasteiger partial charge >= 0.3 is 0 Å². The number of guanidine groups is 1.